The minimum Gasteiger partial charge on any atom is -0.481 e. The fourth-order valence-corrected chi connectivity index (χ4v) is 1.91. The SMILES string of the molecule is O=C(O)Cc1ccc(-c2ccccc2)cc1Cl. The number of rotatable bonds is 3. The molecule has 3 heteroatoms. The summed E-state index contributed by atoms with van der Waals surface area (Å²) in [6.45, 7) is 0. The van der Waals surface area contributed by atoms with Gasteiger partial charge in [0.25, 0.3) is 0 Å². The molecule has 2 rings (SSSR count). The molecule has 0 aromatic heterocycles. The third kappa shape index (κ3) is 2.86. The van der Waals surface area contributed by atoms with Gasteiger partial charge in [-0.1, -0.05) is 54.1 Å². The van der Waals surface area contributed by atoms with E-state index in [4.69, 9.17) is 16.7 Å². The molecule has 0 saturated carbocycles. The Bertz CT molecular complexity index is 535. The smallest absolute Gasteiger partial charge is 0.307 e. The maximum Gasteiger partial charge on any atom is 0.307 e. The number of carboxylic acid groups (broad SMARTS) is 1. The molecule has 0 aliphatic rings. The van der Waals surface area contributed by atoms with Crippen LogP contribution in [0.15, 0.2) is 48.5 Å². The van der Waals surface area contributed by atoms with Crippen molar-refractivity contribution in [2.45, 2.75) is 6.42 Å². The summed E-state index contributed by atoms with van der Waals surface area (Å²) < 4.78 is 0. The Morgan fingerprint density at radius 3 is 2.35 bits per heavy atom. The van der Waals surface area contributed by atoms with Crippen molar-refractivity contribution in [3.05, 3.63) is 59.1 Å². The molecule has 0 fully saturated rings. The van der Waals surface area contributed by atoms with Crippen molar-refractivity contribution in [3.63, 3.8) is 0 Å². The standard InChI is InChI=1S/C14H11ClO2/c15-13-8-11(10-4-2-1-3-5-10)6-7-12(13)9-14(16)17/h1-8H,9H2,(H,16,17). The number of hydrogen-bond acceptors (Lipinski definition) is 1. The number of aliphatic carboxylic acids is 1. The molecule has 1 N–H and O–H groups in total. The quantitative estimate of drug-likeness (QED) is 0.898. The van der Waals surface area contributed by atoms with Crippen LogP contribution in [0.25, 0.3) is 11.1 Å². The molecule has 0 aliphatic heterocycles. The first-order valence-electron chi connectivity index (χ1n) is 5.22. The highest BCUT2D eigenvalue weighted by molar-refractivity contribution is 6.31. The zero-order chi connectivity index (χ0) is 12.3. The van der Waals surface area contributed by atoms with Gasteiger partial charge in [-0.15, -0.1) is 0 Å². The van der Waals surface area contributed by atoms with Crippen molar-refractivity contribution in [2.75, 3.05) is 0 Å². The highest BCUT2D eigenvalue weighted by atomic mass is 35.5. The van der Waals surface area contributed by atoms with E-state index in [0.29, 0.717) is 10.6 Å². The van der Waals surface area contributed by atoms with Crippen LogP contribution in [0.4, 0.5) is 0 Å². The number of carboxylic acids is 1. The lowest BCUT2D eigenvalue weighted by molar-refractivity contribution is -0.136. The minimum atomic E-state index is -0.876. The van der Waals surface area contributed by atoms with Crippen LogP contribution in [0.2, 0.25) is 5.02 Å². The van der Waals surface area contributed by atoms with Crippen LogP contribution in [0.1, 0.15) is 5.56 Å². The summed E-state index contributed by atoms with van der Waals surface area (Å²) in [5.41, 5.74) is 2.69. The summed E-state index contributed by atoms with van der Waals surface area (Å²) >= 11 is 6.06. The van der Waals surface area contributed by atoms with E-state index in [-0.39, 0.29) is 6.42 Å². The van der Waals surface area contributed by atoms with Crippen molar-refractivity contribution in [1.82, 2.24) is 0 Å². The van der Waals surface area contributed by atoms with E-state index >= 15 is 0 Å². The average Bonchev–Trinajstić information content (AvgIpc) is 2.32. The Labute approximate surface area is 104 Å². The van der Waals surface area contributed by atoms with E-state index in [2.05, 4.69) is 0 Å². The van der Waals surface area contributed by atoms with Crippen LogP contribution in [0.5, 0.6) is 0 Å². The van der Waals surface area contributed by atoms with E-state index in [0.717, 1.165) is 11.1 Å². The van der Waals surface area contributed by atoms with Crippen molar-refractivity contribution < 1.29 is 9.90 Å². The van der Waals surface area contributed by atoms with Gasteiger partial charge >= 0.3 is 5.97 Å². The van der Waals surface area contributed by atoms with E-state index in [1.54, 1.807) is 12.1 Å². The summed E-state index contributed by atoms with van der Waals surface area (Å²) in [7, 11) is 0. The molecule has 2 aromatic carbocycles. The van der Waals surface area contributed by atoms with Gasteiger partial charge in [0.1, 0.15) is 0 Å². The Kier molecular flexibility index (Phi) is 3.45. The normalized spacial score (nSPS) is 10.2. The third-order valence-corrected chi connectivity index (χ3v) is 2.85. The molecular weight excluding hydrogens is 236 g/mol. The van der Waals surface area contributed by atoms with E-state index in [1.807, 2.05) is 36.4 Å². The molecule has 0 bridgehead atoms. The number of benzene rings is 2. The first kappa shape index (κ1) is 11.7. The highest BCUT2D eigenvalue weighted by Gasteiger charge is 2.06. The van der Waals surface area contributed by atoms with Gasteiger partial charge in [0.15, 0.2) is 0 Å². The fraction of sp³-hybridized carbons (Fsp3) is 0.0714. The maximum atomic E-state index is 10.6. The maximum absolute atomic E-state index is 10.6. The van der Waals surface area contributed by atoms with Gasteiger partial charge in [0.2, 0.25) is 0 Å². The van der Waals surface area contributed by atoms with Gasteiger partial charge in [-0.2, -0.15) is 0 Å². The van der Waals surface area contributed by atoms with Crippen LogP contribution in [-0.4, -0.2) is 11.1 Å². The summed E-state index contributed by atoms with van der Waals surface area (Å²) in [6.07, 6.45) is -0.0477. The van der Waals surface area contributed by atoms with Gasteiger partial charge in [-0.3, -0.25) is 4.79 Å². The molecular formula is C14H11ClO2. The number of carbonyl (C=O) groups is 1. The first-order valence-corrected chi connectivity index (χ1v) is 5.60. The average molecular weight is 247 g/mol. The summed E-state index contributed by atoms with van der Waals surface area (Å²) in [5.74, 6) is -0.876. The fourth-order valence-electron chi connectivity index (χ4n) is 1.66. The molecule has 0 unspecified atom stereocenters. The van der Waals surface area contributed by atoms with E-state index in [1.165, 1.54) is 0 Å². The van der Waals surface area contributed by atoms with Gasteiger partial charge in [0, 0.05) is 5.02 Å². The lowest BCUT2D eigenvalue weighted by Gasteiger charge is -2.05. The van der Waals surface area contributed by atoms with Crippen LogP contribution in [0.3, 0.4) is 0 Å². The first-order chi connectivity index (χ1) is 8.16. The number of hydrogen-bond donors (Lipinski definition) is 1. The van der Waals surface area contributed by atoms with Gasteiger partial charge in [-0.05, 0) is 22.8 Å². The minimum absolute atomic E-state index is 0.0477. The Morgan fingerprint density at radius 2 is 1.76 bits per heavy atom. The lowest BCUT2D eigenvalue weighted by atomic mass is 10.0. The summed E-state index contributed by atoms with van der Waals surface area (Å²) in [4.78, 5) is 10.6. The number of halogens is 1. The van der Waals surface area contributed by atoms with Crippen LogP contribution in [0, 0.1) is 0 Å². The summed E-state index contributed by atoms with van der Waals surface area (Å²) in [5, 5.41) is 9.21. The molecule has 0 amide bonds. The lowest BCUT2D eigenvalue weighted by Crippen LogP contribution is -2.00. The second-order valence-corrected chi connectivity index (χ2v) is 4.15. The second-order valence-electron chi connectivity index (χ2n) is 3.74. The molecule has 2 nitrogen and oxygen atoms in total. The Balaban J connectivity index is 2.34. The summed E-state index contributed by atoms with van der Waals surface area (Å²) in [6, 6.07) is 15.3. The van der Waals surface area contributed by atoms with Crippen LogP contribution in [-0.2, 0) is 11.2 Å². The Hall–Kier alpha value is -1.80. The van der Waals surface area contributed by atoms with Crippen molar-refractivity contribution in [1.29, 1.82) is 0 Å². The van der Waals surface area contributed by atoms with Crippen molar-refractivity contribution in [2.24, 2.45) is 0 Å². The molecule has 0 spiro atoms. The molecule has 0 radical (unpaired) electrons. The molecule has 0 heterocycles. The molecule has 17 heavy (non-hydrogen) atoms. The molecule has 2 aromatic rings. The predicted molar refractivity (Wildman–Crippen MR) is 68.2 cm³/mol. The highest BCUT2D eigenvalue weighted by Crippen LogP contribution is 2.25. The third-order valence-electron chi connectivity index (χ3n) is 2.50. The molecule has 0 aliphatic carbocycles. The van der Waals surface area contributed by atoms with E-state index < -0.39 is 5.97 Å². The molecule has 0 atom stereocenters. The zero-order valence-electron chi connectivity index (χ0n) is 9.06. The van der Waals surface area contributed by atoms with Gasteiger partial charge in [0.05, 0.1) is 6.42 Å². The van der Waals surface area contributed by atoms with E-state index in [9.17, 15) is 4.79 Å². The predicted octanol–water partition coefficient (Wildman–Crippen LogP) is 3.63. The largest absolute Gasteiger partial charge is 0.481 e. The molecule has 86 valence electrons. The molecule has 0 saturated heterocycles. The van der Waals surface area contributed by atoms with Crippen molar-refractivity contribution in [3.8, 4) is 11.1 Å². The zero-order valence-corrected chi connectivity index (χ0v) is 9.82. The van der Waals surface area contributed by atoms with Crippen LogP contribution >= 0.6 is 11.6 Å². The second kappa shape index (κ2) is 5.02. The topological polar surface area (TPSA) is 37.3 Å². The monoisotopic (exact) mass is 246 g/mol. The van der Waals surface area contributed by atoms with Crippen molar-refractivity contribution >= 4 is 17.6 Å². The Morgan fingerprint density at radius 1 is 1.06 bits per heavy atom. The van der Waals surface area contributed by atoms with Gasteiger partial charge < -0.3 is 5.11 Å². The van der Waals surface area contributed by atoms with Crippen LogP contribution < -0.4 is 0 Å². The van der Waals surface area contributed by atoms with Gasteiger partial charge in [-0.25, -0.2) is 0 Å².